The molecule has 0 spiro atoms. The zero-order valence-corrected chi connectivity index (χ0v) is 20.7. The monoisotopic (exact) mass is 480 g/mol. The lowest BCUT2D eigenvalue weighted by Gasteiger charge is -2.41. The molecule has 2 heterocycles. The molecular formula is C24H37ClN4O4. The minimum Gasteiger partial charge on any atom is -0.496 e. The molecule has 2 amide bonds. The molecule has 0 radical (unpaired) electrons. The second-order valence-corrected chi connectivity index (χ2v) is 9.46. The first-order valence-electron chi connectivity index (χ1n) is 11.8. The number of halogens is 1. The Bertz CT molecular complexity index is 829. The molecule has 3 rings (SSSR count). The van der Waals surface area contributed by atoms with Crippen molar-refractivity contribution in [1.29, 1.82) is 0 Å². The summed E-state index contributed by atoms with van der Waals surface area (Å²) < 4.78 is 11.1. The highest BCUT2D eigenvalue weighted by molar-refractivity contribution is 6.33. The van der Waals surface area contributed by atoms with Crippen molar-refractivity contribution in [3.63, 3.8) is 0 Å². The molecule has 0 saturated carbocycles. The van der Waals surface area contributed by atoms with Gasteiger partial charge in [0.15, 0.2) is 0 Å². The number of carbonyl (C=O) groups excluding carboxylic acids is 2. The molecule has 0 aromatic heterocycles. The summed E-state index contributed by atoms with van der Waals surface area (Å²) in [5.41, 5.74) is 6.56. The number of benzene rings is 1. The van der Waals surface area contributed by atoms with Crippen molar-refractivity contribution in [3.8, 4) is 5.75 Å². The Morgan fingerprint density at radius 1 is 1.18 bits per heavy atom. The molecule has 33 heavy (non-hydrogen) atoms. The maximum Gasteiger partial charge on any atom is 0.255 e. The van der Waals surface area contributed by atoms with Gasteiger partial charge in [-0.3, -0.25) is 9.59 Å². The van der Waals surface area contributed by atoms with E-state index in [9.17, 15) is 9.59 Å². The van der Waals surface area contributed by atoms with Crippen molar-refractivity contribution in [2.75, 3.05) is 52.7 Å². The van der Waals surface area contributed by atoms with E-state index in [1.807, 2.05) is 11.8 Å². The molecule has 2 atom stereocenters. The van der Waals surface area contributed by atoms with Gasteiger partial charge in [0.1, 0.15) is 5.75 Å². The van der Waals surface area contributed by atoms with Crippen molar-refractivity contribution in [1.82, 2.24) is 15.1 Å². The lowest BCUT2D eigenvalue weighted by Crippen LogP contribution is -2.55. The third-order valence-electron chi connectivity index (χ3n) is 6.77. The number of likely N-dealkylation sites (tertiary alicyclic amines) is 2. The molecule has 9 heteroatoms. The summed E-state index contributed by atoms with van der Waals surface area (Å²) in [4.78, 5) is 29.5. The summed E-state index contributed by atoms with van der Waals surface area (Å²) in [6, 6.07) is 3.00. The van der Waals surface area contributed by atoms with Crippen LogP contribution in [-0.2, 0) is 9.53 Å². The Morgan fingerprint density at radius 3 is 2.55 bits per heavy atom. The molecule has 8 nitrogen and oxygen atoms in total. The molecule has 2 aliphatic heterocycles. The first-order valence-corrected chi connectivity index (χ1v) is 12.2. The minimum atomic E-state index is -0.252. The van der Waals surface area contributed by atoms with Gasteiger partial charge in [-0.25, -0.2) is 0 Å². The first kappa shape index (κ1) is 25.6. The van der Waals surface area contributed by atoms with Crippen LogP contribution in [0.4, 0.5) is 5.69 Å². The fourth-order valence-corrected chi connectivity index (χ4v) is 4.98. The van der Waals surface area contributed by atoms with Crippen LogP contribution in [0, 0.1) is 5.92 Å². The van der Waals surface area contributed by atoms with Gasteiger partial charge in [0, 0.05) is 52.3 Å². The number of piperidine rings is 2. The van der Waals surface area contributed by atoms with Gasteiger partial charge in [-0.2, -0.15) is 0 Å². The van der Waals surface area contributed by atoms with Gasteiger partial charge in [-0.1, -0.05) is 18.5 Å². The van der Waals surface area contributed by atoms with Crippen LogP contribution >= 0.6 is 11.6 Å². The fourth-order valence-electron chi connectivity index (χ4n) is 4.81. The number of amides is 2. The Balaban J connectivity index is 1.52. The lowest BCUT2D eigenvalue weighted by atomic mass is 9.93. The summed E-state index contributed by atoms with van der Waals surface area (Å²) in [5, 5.41) is 3.42. The van der Waals surface area contributed by atoms with Crippen LogP contribution < -0.4 is 15.8 Å². The highest BCUT2D eigenvalue weighted by Gasteiger charge is 2.33. The summed E-state index contributed by atoms with van der Waals surface area (Å²) in [5.74, 6) is 1.01. The number of nitrogens with two attached hydrogens (primary N) is 1. The third kappa shape index (κ3) is 6.52. The standard InChI is InChI=1S/C24H37ClN4O4/c1-4-5-23(30)29-10-6-16(7-11-29)14-28-9-8-20(22(15-28)33-3)27-24(31)17-12-18(25)19(26)13-21(17)32-2/h12-13,16,20,22H,4-11,14-15,26H2,1-3H3,(H,27,31). The highest BCUT2D eigenvalue weighted by Crippen LogP contribution is 2.29. The van der Waals surface area contributed by atoms with Gasteiger partial charge in [0.05, 0.1) is 35.5 Å². The van der Waals surface area contributed by atoms with Crippen molar-refractivity contribution in [3.05, 3.63) is 22.7 Å². The zero-order chi connectivity index (χ0) is 24.0. The largest absolute Gasteiger partial charge is 0.496 e. The zero-order valence-electron chi connectivity index (χ0n) is 19.9. The minimum absolute atomic E-state index is 0.103. The predicted octanol–water partition coefficient (Wildman–Crippen LogP) is 2.79. The summed E-state index contributed by atoms with van der Waals surface area (Å²) >= 11 is 6.13. The second-order valence-electron chi connectivity index (χ2n) is 9.05. The fraction of sp³-hybridized carbons (Fsp3) is 0.667. The van der Waals surface area contributed by atoms with E-state index in [1.54, 1.807) is 19.2 Å². The van der Waals surface area contributed by atoms with Crippen molar-refractivity contribution >= 4 is 29.1 Å². The molecule has 0 aliphatic carbocycles. The van der Waals surface area contributed by atoms with Crippen LogP contribution in [0.2, 0.25) is 5.02 Å². The summed E-state index contributed by atoms with van der Waals surface area (Å²) in [6.45, 7) is 6.41. The number of nitrogens with one attached hydrogen (secondary N) is 1. The molecule has 1 aromatic rings. The number of methoxy groups -OCH3 is 2. The molecule has 184 valence electrons. The Hall–Kier alpha value is -2.03. The van der Waals surface area contributed by atoms with Crippen molar-refractivity contribution in [2.45, 2.75) is 51.2 Å². The van der Waals surface area contributed by atoms with E-state index in [1.165, 1.54) is 7.11 Å². The van der Waals surface area contributed by atoms with E-state index in [4.69, 9.17) is 26.8 Å². The topological polar surface area (TPSA) is 97.1 Å². The summed E-state index contributed by atoms with van der Waals surface area (Å²) in [6.07, 6.45) is 4.32. The van der Waals surface area contributed by atoms with Crippen LogP contribution in [0.25, 0.3) is 0 Å². The normalized spacial score (nSPS) is 22.2. The van der Waals surface area contributed by atoms with E-state index < -0.39 is 0 Å². The van der Waals surface area contributed by atoms with Gasteiger partial charge in [-0.05, 0) is 37.7 Å². The van der Waals surface area contributed by atoms with Crippen molar-refractivity contribution in [2.24, 2.45) is 5.92 Å². The van der Waals surface area contributed by atoms with Crippen molar-refractivity contribution < 1.29 is 19.1 Å². The van der Waals surface area contributed by atoms with Crippen LogP contribution in [0.1, 0.15) is 49.4 Å². The van der Waals surface area contributed by atoms with Gasteiger partial charge in [0.2, 0.25) is 5.91 Å². The summed E-state index contributed by atoms with van der Waals surface area (Å²) in [7, 11) is 3.19. The molecule has 2 aliphatic rings. The molecule has 3 N–H and O–H groups in total. The SMILES string of the molecule is CCCC(=O)N1CCC(CN2CCC(NC(=O)c3cc(Cl)c(N)cc3OC)C(OC)C2)CC1. The van der Waals surface area contributed by atoms with Crippen LogP contribution in [0.3, 0.4) is 0 Å². The third-order valence-corrected chi connectivity index (χ3v) is 7.10. The van der Waals surface area contributed by atoms with Gasteiger partial charge in [0.25, 0.3) is 5.91 Å². The smallest absolute Gasteiger partial charge is 0.255 e. The number of nitrogens with zero attached hydrogens (tertiary/aromatic N) is 2. The highest BCUT2D eigenvalue weighted by atomic mass is 35.5. The Kier molecular flexibility index (Phi) is 9.23. The average Bonchev–Trinajstić information content (AvgIpc) is 2.82. The Labute approximate surface area is 201 Å². The maximum atomic E-state index is 13.0. The van der Waals surface area contributed by atoms with E-state index in [2.05, 4.69) is 10.2 Å². The van der Waals surface area contributed by atoms with E-state index in [0.717, 1.165) is 58.4 Å². The van der Waals surface area contributed by atoms with E-state index in [0.29, 0.717) is 34.4 Å². The number of carbonyl (C=O) groups is 2. The number of hydrogen-bond donors (Lipinski definition) is 2. The number of anilines is 1. The van der Waals surface area contributed by atoms with Gasteiger partial charge < -0.3 is 30.3 Å². The molecule has 2 saturated heterocycles. The van der Waals surface area contributed by atoms with Crippen LogP contribution in [0.15, 0.2) is 12.1 Å². The van der Waals surface area contributed by atoms with Gasteiger partial charge in [-0.15, -0.1) is 0 Å². The first-order chi connectivity index (χ1) is 15.9. The lowest BCUT2D eigenvalue weighted by molar-refractivity contribution is -0.132. The van der Waals surface area contributed by atoms with Crippen LogP contribution in [0.5, 0.6) is 5.75 Å². The molecule has 2 fully saturated rings. The number of rotatable bonds is 8. The molecular weight excluding hydrogens is 444 g/mol. The maximum absolute atomic E-state index is 13.0. The second kappa shape index (κ2) is 11.9. The average molecular weight is 481 g/mol. The predicted molar refractivity (Wildman–Crippen MR) is 130 cm³/mol. The number of nitrogen functional groups attached to an aromatic ring is 1. The van der Waals surface area contributed by atoms with Gasteiger partial charge >= 0.3 is 0 Å². The Morgan fingerprint density at radius 2 is 1.91 bits per heavy atom. The van der Waals surface area contributed by atoms with E-state index in [-0.39, 0.29) is 24.0 Å². The number of hydrogen-bond acceptors (Lipinski definition) is 6. The molecule has 2 unspecified atom stereocenters. The number of ether oxygens (including phenoxy) is 2. The molecule has 0 bridgehead atoms. The van der Waals surface area contributed by atoms with E-state index >= 15 is 0 Å². The quantitative estimate of drug-likeness (QED) is 0.555. The molecule has 1 aromatic carbocycles. The van der Waals surface area contributed by atoms with Crippen LogP contribution in [-0.4, -0.2) is 80.7 Å².